The van der Waals surface area contributed by atoms with Gasteiger partial charge >= 0.3 is 6.18 Å². The van der Waals surface area contributed by atoms with Gasteiger partial charge in [0.25, 0.3) is 0 Å². The van der Waals surface area contributed by atoms with Crippen LogP contribution in [0.3, 0.4) is 0 Å². The highest BCUT2D eigenvalue weighted by atomic mass is 127. The Kier molecular flexibility index (Phi) is 5.04. The van der Waals surface area contributed by atoms with E-state index in [2.05, 4.69) is 27.9 Å². The molecule has 0 bridgehead atoms. The van der Waals surface area contributed by atoms with Crippen LogP contribution in [0, 0.1) is 3.57 Å². The molecule has 0 aliphatic carbocycles. The summed E-state index contributed by atoms with van der Waals surface area (Å²) in [6.07, 6.45) is -4.77. The van der Waals surface area contributed by atoms with E-state index in [4.69, 9.17) is 0 Å². The van der Waals surface area contributed by atoms with Crippen molar-refractivity contribution in [3.63, 3.8) is 0 Å². The minimum Gasteiger partial charge on any atom is -0.313 e. The molecule has 1 N–H and O–H groups in total. The lowest BCUT2D eigenvalue weighted by atomic mass is 10.0. The number of hydrogen-bond acceptors (Lipinski definition) is 1. The fourth-order valence-corrected chi connectivity index (χ4v) is 1.84. The van der Waals surface area contributed by atoms with Gasteiger partial charge in [0.05, 0.1) is 0 Å². The van der Waals surface area contributed by atoms with Gasteiger partial charge in [0.2, 0.25) is 0 Å². The van der Waals surface area contributed by atoms with Gasteiger partial charge in [-0.15, -0.1) is 0 Å². The SMILES string of the molecule is CNC(CCC(F)(F)F)c1ccc(I)cc1. The Labute approximate surface area is 107 Å². The third-order valence-corrected chi connectivity index (χ3v) is 3.06. The molecule has 1 unspecified atom stereocenters. The molecule has 1 aromatic rings. The van der Waals surface area contributed by atoms with E-state index >= 15 is 0 Å². The topological polar surface area (TPSA) is 12.0 Å². The van der Waals surface area contributed by atoms with Crippen LogP contribution in [0.4, 0.5) is 13.2 Å². The van der Waals surface area contributed by atoms with Crippen LogP contribution in [-0.2, 0) is 0 Å². The predicted molar refractivity (Wildman–Crippen MR) is 66.2 cm³/mol. The largest absolute Gasteiger partial charge is 0.389 e. The van der Waals surface area contributed by atoms with E-state index in [0.717, 1.165) is 9.13 Å². The highest BCUT2D eigenvalue weighted by Gasteiger charge is 2.28. The molecule has 0 heterocycles. The molecule has 0 saturated heterocycles. The van der Waals surface area contributed by atoms with Gasteiger partial charge in [0, 0.05) is 16.0 Å². The van der Waals surface area contributed by atoms with Crippen LogP contribution in [0.5, 0.6) is 0 Å². The molecule has 1 rings (SSSR count). The fraction of sp³-hybridized carbons (Fsp3) is 0.455. The van der Waals surface area contributed by atoms with E-state index < -0.39 is 12.6 Å². The molecule has 0 spiro atoms. The highest BCUT2D eigenvalue weighted by molar-refractivity contribution is 14.1. The molecule has 0 aliphatic heterocycles. The number of nitrogens with one attached hydrogen (secondary N) is 1. The lowest BCUT2D eigenvalue weighted by Gasteiger charge is -2.17. The zero-order valence-electron chi connectivity index (χ0n) is 8.81. The first-order chi connectivity index (χ1) is 7.42. The van der Waals surface area contributed by atoms with Crippen LogP contribution in [0.2, 0.25) is 0 Å². The minimum absolute atomic E-state index is 0.0700. The Morgan fingerprint density at radius 1 is 1.25 bits per heavy atom. The summed E-state index contributed by atoms with van der Waals surface area (Å²) in [4.78, 5) is 0. The lowest BCUT2D eigenvalue weighted by Crippen LogP contribution is -2.19. The molecule has 16 heavy (non-hydrogen) atoms. The van der Waals surface area contributed by atoms with Crippen molar-refractivity contribution in [1.82, 2.24) is 5.32 Å². The zero-order valence-corrected chi connectivity index (χ0v) is 11.0. The van der Waals surface area contributed by atoms with Crippen molar-refractivity contribution in [1.29, 1.82) is 0 Å². The average molecular weight is 343 g/mol. The molecule has 0 radical (unpaired) electrons. The minimum atomic E-state index is -4.09. The van der Waals surface area contributed by atoms with E-state index in [1.54, 1.807) is 7.05 Å². The number of hydrogen-bond donors (Lipinski definition) is 1. The van der Waals surface area contributed by atoms with Gasteiger partial charge < -0.3 is 5.32 Å². The Hall–Kier alpha value is -0.300. The summed E-state index contributed by atoms with van der Waals surface area (Å²) in [6, 6.07) is 7.28. The standard InChI is InChI=1S/C11H13F3IN/c1-16-10(6-7-11(12,13)14)8-2-4-9(15)5-3-8/h2-5,10,16H,6-7H2,1H3. The van der Waals surface area contributed by atoms with Crippen molar-refractivity contribution >= 4 is 22.6 Å². The third-order valence-electron chi connectivity index (χ3n) is 2.34. The first-order valence-corrected chi connectivity index (χ1v) is 6.00. The maximum absolute atomic E-state index is 12.1. The van der Waals surface area contributed by atoms with E-state index in [1.807, 2.05) is 24.3 Å². The van der Waals surface area contributed by atoms with E-state index in [9.17, 15) is 13.2 Å². The second-order valence-electron chi connectivity index (χ2n) is 3.55. The van der Waals surface area contributed by atoms with Crippen LogP contribution >= 0.6 is 22.6 Å². The van der Waals surface area contributed by atoms with Crippen LogP contribution < -0.4 is 5.32 Å². The third kappa shape index (κ3) is 4.69. The van der Waals surface area contributed by atoms with Crippen molar-refractivity contribution in [2.75, 3.05) is 7.05 Å². The molecule has 0 aromatic heterocycles. The predicted octanol–water partition coefficient (Wildman–Crippen LogP) is 3.89. The van der Waals surface area contributed by atoms with Crippen LogP contribution in [-0.4, -0.2) is 13.2 Å². The Bertz CT molecular complexity index is 321. The van der Waals surface area contributed by atoms with E-state index in [0.29, 0.717) is 0 Å². The van der Waals surface area contributed by atoms with Gasteiger partial charge in [-0.2, -0.15) is 13.2 Å². The monoisotopic (exact) mass is 343 g/mol. The molecule has 0 aliphatic rings. The zero-order chi connectivity index (χ0) is 12.2. The second kappa shape index (κ2) is 5.86. The molecule has 1 nitrogen and oxygen atoms in total. The van der Waals surface area contributed by atoms with E-state index in [1.165, 1.54) is 0 Å². The highest BCUT2D eigenvalue weighted by Crippen LogP contribution is 2.27. The molecular formula is C11H13F3IN. The van der Waals surface area contributed by atoms with Crippen LogP contribution in [0.1, 0.15) is 24.4 Å². The van der Waals surface area contributed by atoms with Crippen LogP contribution in [0.25, 0.3) is 0 Å². The van der Waals surface area contributed by atoms with Crippen molar-refractivity contribution in [2.45, 2.75) is 25.1 Å². The molecular weight excluding hydrogens is 330 g/mol. The van der Waals surface area contributed by atoms with Gasteiger partial charge in [-0.05, 0) is 53.8 Å². The average Bonchev–Trinajstić information content (AvgIpc) is 2.20. The van der Waals surface area contributed by atoms with Gasteiger partial charge in [0.15, 0.2) is 0 Å². The molecule has 0 amide bonds. The molecule has 5 heteroatoms. The summed E-state index contributed by atoms with van der Waals surface area (Å²) in [5, 5.41) is 2.91. The van der Waals surface area contributed by atoms with Gasteiger partial charge in [0.1, 0.15) is 0 Å². The summed E-state index contributed by atoms with van der Waals surface area (Å²) in [5.41, 5.74) is 0.896. The smallest absolute Gasteiger partial charge is 0.313 e. The normalized spacial score (nSPS) is 13.8. The molecule has 0 saturated carbocycles. The number of benzene rings is 1. The first-order valence-electron chi connectivity index (χ1n) is 4.92. The lowest BCUT2D eigenvalue weighted by molar-refractivity contribution is -0.136. The molecule has 1 aromatic carbocycles. The summed E-state index contributed by atoms with van der Waals surface area (Å²) in [6.45, 7) is 0. The second-order valence-corrected chi connectivity index (χ2v) is 4.79. The Morgan fingerprint density at radius 3 is 2.25 bits per heavy atom. The number of halogens is 4. The molecule has 0 fully saturated rings. The van der Waals surface area contributed by atoms with Crippen molar-refractivity contribution in [3.05, 3.63) is 33.4 Å². The first kappa shape index (κ1) is 13.8. The van der Waals surface area contributed by atoms with Crippen molar-refractivity contribution < 1.29 is 13.2 Å². The van der Waals surface area contributed by atoms with Gasteiger partial charge in [-0.25, -0.2) is 0 Å². The quantitative estimate of drug-likeness (QED) is 0.818. The van der Waals surface area contributed by atoms with Crippen LogP contribution in [0.15, 0.2) is 24.3 Å². The van der Waals surface area contributed by atoms with E-state index in [-0.39, 0.29) is 12.5 Å². The van der Waals surface area contributed by atoms with Crippen molar-refractivity contribution in [3.8, 4) is 0 Å². The van der Waals surface area contributed by atoms with Gasteiger partial charge in [-0.3, -0.25) is 0 Å². The summed E-state index contributed by atoms with van der Waals surface area (Å²) in [5.74, 6) is 0. The number of alkyl halides is 3. The Morgan fingerprint density at radius 2 is 1.81 bits per heavy atom. The summed E-state index contributed by atoms with van der Waals surface area (Å²) in [7, 11) is 1.68. The summed E-state index contributed by atoms with van der Waals surface area (Å²) < 4.78 is 37.4. The Balaban J connectivity index is 2.64. The maximum Gasteiger partial charge on any atom is 0.389 e. The van der Waals surface area contributed by atoms with Crippen molar-refractivity contribution in [2.24, 2.45) is 0 Å². The fourth-order valence-electron chi connectivity index (χ4n) is 1.48. The summed E-state index contributed by atoms with van der Waals surface area (Å²) >= 11 is 2.17. The molecule has 1 atom stereocenters. The van der Waals surface area contributed by atoms with Gasteiger partial charge in [-0.1, -0.05) is 12.1 Å². The maximum atomic E-state index is 12.1. The molecule has 90 valence electrons. The number of rotatable bonds is 4.